The van der Waals surface area contributed by atoms with E-state index in [1.807, 2.05) is 0 Å². The Kier molecular flexibility index (Phi) is 28.0. The van der Waals surface area contributed by atoms with Crippen LogP contribution in [-0.4, -0.2) is 0 Å². The van der Waals surface area contributed by atoms with Crippen molar-refractivity contribution in [2.75, 3.05) is 0 Å². The highest BCUT2D eigenvalue weighted by Gasteiger charge is 2.08. The summed E-state index contributed by atoms with van der Waals surface area (Å²) in [5, 5.41) is 0. The summed E-state index contributed by atoms with van der Waals surface area (Å²) in [7, 11) is 0. The summed E-state index contributed by atoms with van der Waals surface area (Å²) in [5.74, 6) is 1.04. The van der Waals surface area contributed by atoms with E-state index in [1.54, 1.807) is 0 Å². The Morgan fingerprint density at radius 1 is 0.258 bits per heavy atom. The Labute approximate surface area is 200 Å². The van der Waals surface area contributed by atoms with Gasteiger partial charge in [-0.3, -0.25) is 0 Å². The van der Waals surface area contributed by atoms with Crippen LogP contribution >= 0.6 is 0 Å². The summed E-state index contributed by atoms with van der Waals surface area (Å²) in [6, 6.07) is 0. The van der Waals surface area contributed by atoms with E-state index in [1.165, 1.54) is 173 Å². The molecule has 0 saturated heterocycles. The second-order valence-corrected chi connectivity index (χ2v) is 10.7. The molecule has 0 N–H and O–H groups in total. The number of hydrogen-bond donors (Lipinski definition) is 0. The van der Waals surface area contributed by atoms with Crippen LogP contribution in [0.1, 0.15) is 194 Å². The summed E-state index contributed by atoms with van der Waals surface area (Å²) in [6.07, 6.45) is 39.8. The molecule has 0 heteroatoms. The number of rotatable bonds is 27. The molecule has 0 bridgehead atoms. The van der Waals surface area contributed by atoms with Gasteiger partial charge in [0.2, 0.25) is 0 Å². The Hall–Kier alpha value is 0. The van der Waals surface area contributed by atoms with Crippen LogP contribution in [-0.2, 0) is 0 Å². The topological polar surface area (TPSA) is 0 Å². The van der Waals surface area contributed by atoms with E-state index in [4.69, 9.17) is 0 Å². The second-order valence-electron chi connectivity index (χ2n) is 10.7. The van der Waals surface area contributed by atoms with Crippen molar-refractivity contribution >= 4 is 0 Å². The fourth-order valence-electron chi connectivity index (χ4n) is 5.13. The lowest BCUT2D eigenvalue weighted by atomic mass is 9.89. The van der Waals surface area contributed by atoms with Gasteiger partial charge in [-0.15, -0.1) is 0 Å². The van der Waals surface area contributed by atoms with E-state index in [0.29, 0.717) is 0 Å². The van der Waals surface area contributed by atoms with E-state index in [0.717, 1.165) is 5.92 Å². The molecule has 0 aromatic carbocycles. The minimum atomic E-state index is 1.04. The molecule has 0 spiro atoms. The van der Waals surface area contributed by atoms with E-state index in [9.17, 15) is 0 Å². The van der Waals surface area contributed by atoms with Crippen LogP contribution in [0.2, 0.25) is 0 Å². The number of unbranched alkanes of at least 4 members (excludes halogenated alkanes) is 21. The lowest BCUT2D eigenvalue weighted by molar-refractivity contribution is 0.368. The first-order chi connectivity index (χ1) is 15.3. The molecule has 0 rings (SSSR count). The molecule has 0 saturated carbocycles. The molecule has 0 aliphatic heterocycles. The Morgan fingerprint density at radius 3 is 0.742 bits per heavy atom. The molecule has 31 heavy (non-hydrogen) atoms. The van der Waals surface area contributed by atoms with Gasteiger partial charge in [0.15, 0.2) is 0 Å². The maximum atomic E-state index is 2.34. The highest BCUT2D eigenvalue weighted by atomic mass is 14.1. The van der Waals surface area contributed by atoms with Crippen molar-refractivity contribution in [3.8, 4) is 0 Å². The van der Waals surface area contributed by atoms with Gasteiger partial charge in [-0.05, 0) is 5.92 Å². The highest BCUT2D eigenvalue weighted by Crippen LogP contribution is 2.24. The van der Waals surface area contributed by atoms with Gasteiger partial charge in [0.05, 0.1) is 0 Å². The number of hydrogen-bond acceptors (Lipinski definition) is 0. The van der Waals surface area contributed by atoms with Crippen molar-refractivity contribution in [1.82, 2.24) is 0 Å². The Balaban J connectivity index is 3.44. The lowest BCUT2D eigenvalue weighted by Crippen LogP contribution is -2.01. The van der Waals surface area contributed by atoms with Crippen LogP contribution in [0.5, 0.6) is 0 Å². The zero-order valence-electron chi connectivity index (χ0n) is 22.7. The van der Waals surface area contributed by atoms with Gasteiger partial charge in [-0.2, -0.15) is 0 Å². The third-order valence-corrected chi connectivity index (χ3v) is 7.40. The largest absolute Gasteiger partial charge is 0.0654 e. The third-order valence-electron chi connectivity index (χ3n) is 7.40. The molecule has 0 aliphatic carbocycles. The van der Waals surface area contributed by atoms with Crippen molar-refractivity contribution < 1.29 is 0 Å². The molecular weight excluding hydrogens is 372 g/mol. The molecule has 0 nitrogen and oxygen atoms in total. The normalized spacial score (nSPS) is 12.5. The Bertz CT molecular complexity index is 294. The zero-order valence-corrected chi connectivity index (χ0v) is 22.7. The van der Waals surface area contributed by atoms with Crippen LogP contribution in [0.25, 0.3) is 0 Å². The van der Waals surface area contributed by atoms with Crippen LogP contribution in [0.3, 0.4) is 0 Å². The molecular formula is C31H64. The van der Waals surface area contributed by atoms with Crippen LogP contribution in [0, 0.1) is 5.92 Å². The van der Waals surface area contributed by atoms with Gasteiger partial charge >= 0.3 is 0 Å². The van der Waals surface area contributed by atoms with Crippen LogP contribution in [0.4, 0.5) is 0 Å². The minimum absolute atomic E-state index is 1.04. The van der Waals surface area contributed by atoms with Gasteiger partial charge in [0.25, 0.3) is 0 Å². The monoisotopic (exact) mass is 437 g/mol. The Morgan fingerprint density at radius 2 is 0.452 bits per heavy atom. The molecule has 0 fully saturated rings. The first-order valence-electron chi connectivity index (χ1n) is 15.3. The van der Waals surface area contributed by atoms with Gasteiger partial charge in [-0.1, -0.05) is 194 Å². The van der Waals surface area contributed by atoms with Crippen LogP contribution < -0.4 is 0 Å². The summed E-state index contributed by atoms with van der Waals surface area (Å²) in [6.45, 7) is 6.97. The average molecular weight is 437 g/mol. The quantitative estimate of drug-likeness (QED) is 0.112. The van der Waals surface area contributed by atoms with Gasteiger partial charge in [-0.25, -0.2) is 0 Å². The summed E-state index contributed by atoms with van der Waals surface area (Å²) < 4.78 is 0. The van der Waals surface area contributed by atoms with Gasteiger partial charge in [0.1, 0.15) is 0 Å². The van der Waals surface area contributed by atoms with E-state index in [2.05, 4.69) is 20.8 Å². The molecule has 0 aliphatic rings. The first-order valence-corrected chi connectivity index (χ1v) is 15.3. The predicted molar refractivity (Wildman–Crippen MR) is 145 cm³/mol. The van der Waals surface area contributed by atoms with Crippen molar-refractivity contribution in [1.29, 1.82) is 0 Å². The molecule has 1 unspecified atom stereocenters. The summed E-state index contributed by atoms with van der Waals surface area (Å²) in [4.78, 5) is 0. The van der Waals surface area contributed by atoms with E-state index < -0.39 is 0 Å². The van der Waals surface area contributed by atoms with E-state index >= 15 is 0 Å². The molecule has 0 aromatic heterocycles. The van der Waals surface area contributed by atoms with Crippen molar-refractivity contribution in [3.63, 3.8) is 0 Å². The van der Waals surface area contributed by atoms with E-state index in [-0.39, 0.29) is 0 Å². The fourth-order valence-corrected chi connectivity index (χ4v) is 5.13. The average Bonchev–Trinajstić information content (AvgIpc) is 2.78. The van der Waals surface area contributed by atoms with Crippen molar-refractivity contribution in [2.45, 2.75) is 194 Å². The smallest absolute Gasteiger partial charge is 0.0414 e. The molecule has 0 aromatic rings. The third kappa shape index (κ3) is 26.1. The molecule has 0 radical (unpaired) electrons. The standard InChI is InChI=1S/C31H64/c1-4-7-10-12-13-14-15-16-17-18-19-20-21-22-24-27-30-31(28-25-9-6-3)29-26-23-11-8-5-2/h31H,4-30H2,1-3H3. The zero-order chi connectivity index (χ0) is 22.7. The molecule has 0 heterocycles. The SMILES string of the molecule is CCCCCCCCCCCCCCCCCCC(CCCCC)CCCCCCC. The maximum absolute atomic E-state index is 2.34. The van der Waals surface area contributed by atoms with Crippen LogP contribution in [0.15, 0.2) is 0 Å². The first kappa shape index (κ1) is 31.0. The summed E-state index contributed by atoms with van der Waals surface area (Å²) >= 11 is 0. The molecule has 0 amide bonds. The maximum Gasteiger partial charge on any atom is -0.0414 e. The van der Waals surface area contributed by atoms with Gasteiger partial charge < -0.3 is 0 Å². The van der Waals surface area contributed by atoms with Crippen molar-refractivity contribution in [3.05, 3.63) is 0 Å². The summed E-state index contributed by atoms with van der Waals surface area (Å²) in [5.41, 5.74) is 0. The predicted octanol–water partition coefficient (Wildman–Crippen LogP) is 12.2. The fraction of sp³-hybridized carbons (Fsp3) is 1.00. The molecule has 1 atom stereocenters. The molecule has 188 valence electrons. The van der Waals surface area contributed by atoms with Crippen molar-refractivity contribution in [2.24, 2.45) is 5.92 Å². The van der Waals surface area contributed by atoms with Gasteiger partial charge in [0, 0.05) is 0 Å². The minimum Gasteiger partial charge on any atom is -0.0654 e. The highest BCUT2D eigenvalue weighted by molar-refractivity contribution is 4.62. The second kappa shape index (κ2) is 28.0. The lowest BCUT2D eigenvalue weighted by Gasteiger charge is -2.17.